The van der Waals surface area contributed by atoms with Gasteiger partial charge in [0.1, 0.15) is 0 Å². The summed E-state index contributed by atoms with van der Waals surface area (Å²) in [7, 11) is 0. The van der Waals surface area contributed by atoms with E-state index in [4.69, 9.17) is 5.73 Å². The van der Waals surface area contributed by atoms with E-state index in [1.54, 1.807) is 0 Å². The van der Waals surface area contributed by atoms with Crippen molar-refractivity contribution in [1.29, 1.82) is 0 Å². The Morgan fingerprint density at radius 2 is 2.10 bits per heavy atom. The number of hydrogen-bond acceptors (Lipinski definition) is 1. The summed E-state index contributed by atoms with van der Waals surface area (Å²) >= 11 is 0. The Morgan fingerprint density at radius 3 is 2.50 bits per heavy atom. The van der Waals surface area contributed by atoms with Crippen molar-refractivity contribution in [3.63, 3.8) is 0 Å². The van der Waals surface area contributed by atoms with Crippen molar-refractivity contribution in [3.8, 4) is 0 Å². The molecule has 1 heteroatoms. The lowest BCUT2D eigenvalue weighted by molar-refractivity contribution is 0.817. The lowest BCUT2D eigenvalue weighted by Crippen LogP contribution is -2.04. The lowest BCUT2D eigenvalue weighted by Gasteiger charge is -2.04. The third kappa shape index (κ3) is 1.58. The molecule has 1 nitrogen and oxygen atoms in total. The van der Waals surface area contributed by atoms with E-state index in [1.807, 2.05) is 13.0 Å². The molecule has 0 unspecified atom stereocenters. The fourth-order valence-corrected chi connectivity index (χ4v) is 0.953. The van der Waals surface area contributed by atoms with Crippen molar-refractivity contribution in [1.82, 2.24) is 0 Å². The van der Waals surface area contributed by atoms with Gasteiger partial charge in [0.25, 0.3) is 0 Å². The Kier molecular flexibility index (Phi) is 2.07. The number of rotatable bonds is 1. The Labute approximate surface area is 61.9 Å². The molecule has 0 aliphatic carbocycles. The van der Waals surface area contributed by atoms with E-state index in [-0.39, 0.29) is 6.04 Å². The van der Waals surface area contributed by atoms with E-state index in [0.717, 1.165) is 0 Å². The number of nitrogens with two attached hydrogens (primary N) is 1. The molecule has 0 spiro atoms. The first-order valence-electron chi connectivity index (χ1n) is 3.52. The van der Waals surface area contributed by atoms with Crippen molar-refractivity contribution >= 4 is 0 Å². The van der Waals surface area contributed by atoms with Crippen LogP contribution in [0.3, 0.4) is 0 Å². The second-order valence-electron chi connectivity index (χ2n) is 2.70. The Hall–Kier alpha value is -0.820. The van der Waals surface area contributed by atoms with Gasteiger partial charge in [0.2, 0.25) is 0 Å². The molecule has 54 valence electrons. The first-order chi connectivity index (χ1) is 4.70. The summed E-state index contributed by atoms with van der Waals surface area (Å²) in [5.41, 5.74) is 8.16. The van der Waals surface area contributed by atoms with Gasteiger partial charge in [-0.15, -0.1) is 0 Å². The molecule has 2 N–H and O–H groups in total. The third-order valence-electron chi connectivity index (χ3n) is 1.57. The quantitative estimate of drug-likeness (QED) is 0.626. The van der Waals surface area contributed by atoms with E-state index >= 15 is 0 Å². The molecule has 0 aromatic heterocycles. The van der Waals surface area contributed by atoms with Crippen LogP contribution in [-0.4, -0.2) is 0 Å². The summed E-state index contributed by atoms with van der Waals surface area (Å²) in [4.78, 5) is 0. The van der Waals surface area contributed by atoms with Crippen LogP contribution >= 0.6 is 0 Å². The van der Waals surface area contributed by atoms with Crippen LogP contribution in [0, 0.1) is 6.92 Å². The maximum absolute atomic E-state index is 5.68. The van der Waals surface area contributed by atoms with Crippen LogP contribution in [0.25, 0.3) is 0 Å². The number of aryl methyl sites for hydroxylation is 1. The molecule has 1 aromatic carbocycles. The van der Waals surface area contributed by atoms with Gasteiger partial charge in [0.05, 0.1) is 0 Å². The van der Waals surface area contributed by atoms with Crippen molar-refractivity contribution in [2.24, 2.45) is 5.73 Å². The third-order valence-corrected chi connectivity index (χ3v) is 1.57. The zero-order chi connectivity index (χ0) is 7.56. The largest absolute Gasteiger partial charge is 0.324 e. The van der Waals surface area contributed by atoms with Gasteiger partial charge in [0, 0.05) is 6.04 Å². The van der Waals surface area contributed by atoms with Gasteiger partial charge in [-0.25, -0.2) is 0 Å². The normalized spacial score (nSPS) is 13.1. The average Bonchev–Trinajstić information content (AvgIpc) is 1.88. The van der Waals surface area contributed by atoms with Crippen molar-refractivity contribution < 1.29 is 0 Å². The highest BCUT2D eigenvalue weighted by atomic mass is 14.6. The van der Waals surface area contributed by atoms with Crippen LogP contribution in [0.1, 0.15) is 24.1 Å². The monoisotopic (exact) mass is 135 g/mol. The molecule has 1 aromatic rings. The van der Waals surface area contributed by atoms with Crippen LogP contribution < -0.4 is 5.73 Å². The Bertz CT molecular complexity index is 216. The van der Waals surface area contributed by atoms with Crippen LogP contribution in [0.2, 0.25) is 0 Å². The lowest BCUT2D eigenvalue weighted by atomic mass is 10.1. The van der Waals surface area contributed by atoms with Crippen molar-refractivity contribution in [2.45, 2.75) is 19.9 Å². The molecule has 0 amide bonds. The summed E-state index contributed by atoms with van der Waals surface area (Å²) < 4.78 is 0. The standard InChI is InChI=1S/C9H13N/c1-7-4-3-5-9(6-7)8(2)10/h3-6,8H,10H2,1-2H3/t8-/m1/s1. The first-order valence-corrected chi connectivity index (χ1v) is 3.52. The summed E-state index contributed by atoms with van der Waals surface area (Å²) in [5.74, 6) is 0. The minimum Gasteiger partial charge on any atom is -0.324 e. The van der Waals surface area contributed by atoms with Gasteiger partial charge in [-0.3, -0.25) is 0 Å². The Balaban J connectivity index is 2.96. The summed E-state index contributed by atoms with van der Waals surface area (Å²) in [5, 5.41) is 0. The van der Waals surface area contributed by atoms with E-state index in [2.05, 4.69) is 25.1 Å². The molecule has 0 aliphatic rings. The Morgan fingerprint density at radius 1 is 1.40 bits per heavy atom. The van der Waals surface area contributed by atoms with Gasteiger partial charge in [0.15, 0.2) is 0 Å². The molecule has 0 radical (unpaired) electrons. The van der Waals surface area contributed by atoms with Gasteiger partial charge in [-0.05, 0) is 19.4 Å². The van der Waals surface area contributed by atoms with E-state index in [9.17, 15) is 0 Å². The summed E-state index contributed by atoms with van der Waals surface area (Å²) in [6.07, 6.45) is 0. The zero-order valence-electron chi connectivity index (χ0n) is 6.46. The molecule has 0 heterocycles. The van der Waals surface area contributed by atoms with Gasteiger partial charge in [-0.2, -0.15) is 0 Å². The van der Waals surface area contributed by atoms with Crippen LogP contribution in [0.15, 0.2) is 24.3 Å². The summed E-state index contributed by atoms with van der Waals surface area (Å²) in [6.45, 7) is 4.07. The fraction of sp³-hybridized carbons (Fsp3) is 0.333. The molecule has 0 saturated carbocycles. The highest BCUT2D eigenvalue weighted by molar-refractivity contribution is 5.24. The predicted molar refractivity (Wildman–Crippen MR) is 43.8 cm³/mol. The molecule has 0 aliphatic heterocycles. The van der Waals surface area contributed by atoms with E-state index < -0.39 is 0 Å². The highest BCUT2D eigenvalue weighted by Crippen LogP contribution is 2.10. The maximum Gasteiger partial charge on any atom is 0.0266 e. The average molecular weight is 135 g/mol. The SMILES string of the molecule is Cc1cccc([C@@H](C)N)c1. The second kappa shape index (κ2) is 2.84. The molecule has 0 fully saturated rings. The molecular formula is C9H13N. The second-order valence-corrected chi connectivity index (χ2v) is 2.70. The van der Waals surface area contributed by atoms with Crippen LogP contribution in [-0.2, 0) is 0 Å². The van der Waals surface area contributed by atoms with Gasteiger partial charge in [-0.1, -0.05) is 29.8 Å². The predicted octanol–water partition coefficient (Wildman–Crippen LogP) is 2.01. The molecule has 10 heavy (non-hydrogen) atoms. The molecular weight excluding hydrogens is 122 g/mol. The smallest absolute Gasteiger partial charge is 0.0266 e. The fourth-order valence-electron chi connectivity index (χ4n) is 0.953. The number of hydrogen-bond donors (Lipinski definition) is 1. The minimum absolute atomic E-state index is 0.153. The van der Waals surface area contributed by atoms with Gasteiger partial charge < -0.3 is 5.73 Å². The topological polar surface area (TPSA) is 26.0 Å². The van der Waals surface area contributed by atoms with Gasteiger partial charge >= 0.3 is 0 Å². The van der Waals surface area contributed by atoms with Crippen molar-refractivity contribution in [2.75, 3.05) is 0 Å². The molecule has 1 atom stereocenters. The molecule has 1 rings (SSSR count). The number of benzene rings is 1. The molecule has 0 saturated heterocycles. The maximum atomic E-state index is 5.68. The van der Waals surface area contributed by atoms with E-state index in [1.165, 1.54) is 11.1 Å². The first kappa shape index (κ1) is 7.29. The van der Waals surface area contributed by atoms with Crippen LogP contribution in [0.5, 0.6) is 0 Å². The minimum atomic E-state index is 0.153. The molecule has 0 bridgehead atoms. The highest BCUT2D eigenvalue weighted by Gasteiger charge is 1.96. The summed E-state index contributed by atoms with van der Waals surface area (Å²) in [6, 6.07) is 8.43. The van der Waals surface area contributed by atoms with Crippen LogP contribution in [0.4, 0.5) is 0 Å². The van der Waals surface area contributed by atoms with Crippen molar-refractivity contribution in [3.05, 3.63) is 35.4 Å². The zero-order valence-corrected chi connectivity index (χ0v) is 6.46. The van der Waals surface area contributed by atoms with E-state index in [0.29, 0.717) is 0 Å².